The van der Waals surface area contributed by atoms with Crippen molar-refractivity contribution in [3.63, 3.8) is 0 Å². The van der Waals surface area contributed by atoms with E-state index in [2.05, 4.69) is 15.2 Å². The van der Waals surface area contributed by atoms with Crippen LogP contribution in [-0.2, 0) is 6.42 Å². The van der Waals surface area contributed by atoms with Crippen LogP contribution < -0.4 is 0 Å². The lowest BCUT2D eigenvalue weighted by Crippen LogP contribution is -2.09. The summed E-state index contributed by atoms with van der Waals surface area (Å²) in [5.74, 6) is -2.01. The number of halogens is 2. The van der Waals surface area contributed by atoms with E-state index < -0.39 is 17.4 Å². The minimum atomic E-state index is -0.743. The lowest BCUT2D eigenvalue weighted by molar-refractivity contribution is 0.0981. The average Bonchev–Trinajstić information content (AvgIpc) is 2.76. The second kappa shape index (κ2) is 4.18. The molecule has 1 aromatic carbocycles. The highest BCUT2D eigenvalue weighted by Crippen LogP contribution is 2.13. The molecule has 0 unspecified atom stereocenters. The molecule has 0 fully saturated rings. The van der Waals surface area contributed by atoms with Crippen molar-refractivity contribution in [3.05, 3.63) is 47.5 Å². The zero-order valence-electron chi connectivity index (χ0n) is 8.08. The molecular weight excluding hydrogens is 216 g/mol. The topological polar surface area (TPSA) is 58.6 Å². The number of carbonyl (C=O) groups excluding carboxylic acids is 1. The molecule has 0 aliphatic rings. The van der Waals surface area contributed by atoms with E-state index in [1.807, 2.05) is 0 Å². The second-order valence-electron chi connectivity index (χ2n) is 3.13. The van der Waals surface area contributed by atoms with Crippen molar-refractivity contribution in [2.45, 2.75) is 6.42 Å². The van der Waals surface area contributed by atoms with Gasteiger partial charge in [-0.05, 0) is 12.1 Å². The SMILES string of the molecule is O=C(Cc1c(F)cccc1F)c1ncn[nH]1. The monoisotopic (exact) mass is 223 g/mol. The van der Waals surface area contributed by atoms with E-state index in [1.54, 1.807) is 0 Å². The third-order valence-corrected chi connectivity index (χ3v) is 2.08. The number of hydrogen-bond acceptors (Lipinski definition) is 3. The third-order valence-electron chi connectivity index (χ3n) is 2.08. The fraction of sp³-hybridized carbons (Fsp3) is 0.100. The highest BCUT2D eigenvalue weighted by Gasteiger charge is 2.15. The summed E-state index contributed by atoms with van der Waals surface area (Å²) in [4.78, 5) is 15.1. The number of rotatable bonds is 3. The largest absolute Gasteiger partial charge is 0.290 e. The molecule has 0 saturated heterocycles. The number of hydrogen-bond donors (Lipinski definition) is 1. The first-order chi connectivity index (χ1) is 7.68. The second-order valence-corrected chi connectivity index (χ2v) is 3.13. The van der Waals surface area contributed by atoms with Crippen molar-refractivity contribution < 1.29 is 13.6 Å². The molecule has 1 heterocycles. The summed E-state index contributed by atoms with van der Waals surface area (Å²) in [6.45, 7) is 0. The van der Waals surface area contributed by atoms with Crippen LogP contribution in [0, 0.1) is 11.6 Å². The zero-order chi connectivity index (χ0) is 11.5. The minimum Gasteiger partial charge on any atom is -0.290 e. The first-order valence-electron chi connectivity index (χ1n) is 4.50. The van der Waals surface area contributed by atoms with Gasteiger partial charge in [-0.15, -0.1) is 0 Å². The normalized spacial score (nSPS) is 10.4. The number of carbonyl (C=O) groups is 1. The molecule has 6 heteroatoms. The van der Waals surface area contributed by atoms with Gasteiger partial charge in [-0.2, -0.15) is 5.10 Å². The van der Waals surface area contributed by atoms with E-state index in [-0.39, 0.29) is 17.8 Å². The molecule has 0 atom stereocenters. The Morgan fingerprint density at radius 3 is 2.56 bits per heavy atom. The summed E-state index contributed by atoms with van der Waals surface area (Å²) in [6.07, 6.45) is 0.776. The van der Waals surface area contributed by atoms with E-state index in [4.69, 9.17) is 0 Å². The maximum atomic E-state index is 13.2. The molecule has 16 heavy (non-hydrogen) atoms. The van der Waals surface area contributed by atoms with Gasteiger partial charge in [0.15, 0.2) is 5.82 Å². The van der Waals surface area contributed by atoms with Crippen LogP contribution in [0.3, 0.4) is 0 Å². The third kappa shape index (κ3) is 1.95. The van der Waals surface area contributed by atoms with E-state index >= 15 is 0 Å². The first kappa shape index (κ1) is 10.4. The molecule has 0 spiro atoms. The number of aromatic amines is 1. The Kier molecular flexibility index (Phi) is 2.72. The van der Waals surface area contributed by atoms with Crippen molar-refractivity contribution >= 4 is 5.78 Å². The minimum absolute atomic E-state index is 0.0114. The van der Waals surface area contributed by atoms with Crippen LogP contribution in [0.5, 0.6) is 0 Å². The quantitative estimate of drug-likeness (QED) is 0.802. The Morgan fingerprint density at radius 1 is 1.31 bits per heavy atom. The van der Waals surface area contributed by atoms with Crippen LogP contribution in [0.1, 0.15) is 16.2 Å². The fourth-order valence-electron chi connectivity index (χ4n) is 1.29. The Bertz CT molecular complexity index is 491. The smallest absolute Gasteiger partial charge is 0.204 e. The van der Waals surface area contributed by atoms with E-state index in [0.29, 0.717) is 0 Å². The number of nitrogens with one attached hydrogen (secondary N) is 1. The maximum absolute atomic E-state index is 13.2. The van der Waals surface area contributed by atoms with Crippen LogP contribution >= 0.6 is 0 Å². The molecule has 0 radical (unpaired) electrons. The molecule has 0 bridgehead atoms. The van der Waals surface area contributed by atoms with Gasteiger partial charge in [0.1, 0.15) is 18.0 Å². The summed E-state index contributed by atoms with van der Waals surface area (Å²) in [7, 11) is 0. The Morgan fingerprint density at radius 2 is 2.00 bits per heavy atom. The Hall–Kier alpha value is -2.11. The highest BCUT2D eigenvalue weighted by molar-refractivity contribution is 5.93. The lowest BCUT2D eigenvalue weighted by Gasteiger charge is -2.02. The zero-order valence-corrected chi connectivity index (χ0v) is 8.08. The molecule has 1 N–H and O–H groups in total. The van der Waals surface area contributed by atoms with Crippen molar-refractivity contribution in [2.75, 3.05) is 0 Å². The summed E-state index contributed by atoms with van der Waals surface area (Å²) in [5, 5.41) is 5.83. The van der Waals surface area contributed by atoms with Crippen molar-refractivity contribution in [2.24, 2.45) is 0 Å². The lowest BCUT2D eigenvalue weighted by atomic mass is 10.1. The van der Waals surface area contributed by atoms with Crippen LogP contribution in [0.2, 0.25) is 0 Å². The van der Waals surface area contributed by atoms with Crippen LogP contribution in [0.25, 0.3) is 0 Å². The predicted octanol–water partition coefficient (Wildman–Crippen LogP) is 1.51. The van der Waals surface area contributed by atoms with Gasteiger partial charge in [0, 0.05) is 12.0 Å². The van der Waals surface area contributed by atoms with E-state index in [9.17, 15) is 13.6 Å². The average molecular weight is 223 g/mol. The van der Waals surface area contributed by atoms with Gasteiger partial charge >= 0.3 is 0 Å². The predicted molar refractivity (Wildman–Crippen MR) is 50.8 cm³/mol. The Labute approximate surface area is 89.3 Å². The number of ketones is 1. The van der Waals surface area contributed by atoms with Crippen molar-refractivity contribution in [3.8, 4) is 0 Å². The van der Waals surface area contributed by atoms with Gasteiger partial charge in [0.05, 0.1) is 0 Å². The van der Waals surface area contributed by atoms with Crippen LogP contribution in [0.15, 0.2) is 24.5 Å². The number of aromatic nitrogens is 3. The molecular formula is C10H7F2N3O. The molecule has 0 aliphatic heterocycles. The summed E-state index contributed by atoms with van der Waals surface area (Å²) in [5.41, 5.74) is -0.260. The standard InChI is InChI=1S/C10H7F2N3O/c11-7-2-1-3-8(12)6(7)4-9(16)10-13-5-14-15-10/h1-3,5H,4H2,(H,13,14,15). The molecule has 4 nitrogen and oxygen atoms in total. The van der Waals surface area contributed by atoms with Gasteiger partial charge in [0.25, 0.3) is 0 Å². The van der Waals surface area contributed by atoms with E-state index in [1.165, 1.54) is 6.07 Å². The van der Waals surface area contributed by atoms with Gasteiger partial charge < -0.3 is 0 Å². The van der Waals surface area contributed by atoms with Crippen LogP contribution in [-0.4, -0.2) is 21.0 Å². The van der Waals surface area contributed by atoms with Crippen molar-refractivity contribution in [1.29, 1.82) is 0 Å². The highest BCUT2D eigenvalue weighted by atomic mass is 19.1. The molecule has 0 aliphatic carbocycles. The number of Topliss-reactive ketones (excluding diaryl/α,β-unsaturated/α-hetero) is 1. The molecule has 0 saturated carbocycles. The molecule has 82 valence electrons. The summed E-state index contributed by atoms with van der Waals surface area (Å²) < 4.78 is 26.4. The number of nitrogens with zero attached hydrogens (tertiary/aromatic N) is 2. The molecule has 0 amide bonds. The van der Waals surface area contributed by atoms with E-state index in [0.717, 1.165) is 18.5 Å². The number of H-pyrrole nitrogens is 1. The first-order valence-corrected chi connectivity index (χ1v) is 4.50. The van der Waals surface area contributed by atoms with Crippen LogP contribution in [0.4, 0.5) is 8.78 Å². The molecule has 1 aromatic heterocycles. The van der Waals surface area contributed by atoms with Gasteiger partial charge in [-0.3, -0.25) is 9.89 Å². The fourth-order valence-corrected chi connectivity index (χ4v) is 1.29. The maximum Gasteiger partial charge on any atom is 0.204 e. The van der Waals surface area contributed by atoms with Gasteiger partial charge in [-0.1, -0.05) is 6.07 Å². The molecule has 2 rings (SSSR count). The summed E-state index contributed by atoms with van der Waals surface area (Å²) in [6, 6.07) is 3.45. The van der Waals surface area contributed by atoms with Gasteiger partial charge in [-0.25, -0.2) is 13.8 Å². The Balaban J connectivity index is 2.25. The van der Waals surface area contributed by atoms with Crippen molar-refractivity contribution in [1.82, 2.24) is 15.2 Å². The molecule has 2 aromatic rings. The van der Waals surface area contributed by atoms with Gasteiger partial charge in [0.2, 0.25) is 5.78 Å². The number of benzene rings is 1. The summed E-state index contributed by atoms with van der Waals surface area (Å²) >= 11 is 0.